The van der Waals surface area contributed by atoms with Gasteiger partial charge in [0, 0.05) is 5.92 Å². The van der Waals surface area contributed by atoms with Gasteiger partial charge < -0.3 is 20.5 Å². The number of carboxylic acids is 1. The van der Waals surface area contributed by atoms with Crippen molar-refractivity contribution >= 4 is 35.4 Å². The van der Waals surface area contributed by atoms with Crippen molar-refractivity contribution in [1.82, 2.24) is 10.3 Å². The number of benzene rings is 2. The van der Waals surface area contributed by atoms with Crippen molar-refractivity contribution in [2.24, 2.45) is 0 Å². The molecule has 0 saturated heterocycles. The number of fused-ring (bicyclic) bond motifs is 3. The highest BCUT2D eigenvalue weighted by Gasteiger charge is 2.29. The van der Waals surface area contributed by atoms with E-state index in [1.165, 1.54) is 18.3 Å². The van der Waals surface area contributed by atoms with Crippen molar-refractivity contribution in [2.75, 3.05) is 23.9 Å². The first-order valence-corrected chi connectivity index (χ1v) is 12.5. The molecular formula is C26H25N3O5S. The fourth-order valence-corrected chi connectivity index (χ4v) is 4.58. The standard InChI is InChI=1S/C26H25N3O5S/c1-35-13-12-22(24(30)28-16-10-11-23(25(31)32)27-14-16)29-26(33)34-15-21-19-8-4-2-6-17(19)18-7-3-5-9-20(18)21/h2-11,14,21-22H,12-13,15H2,1H3,(H,28,30)(H,29,33)(H,31,32)/t22-/m0/s1. The first kappa shape index (κ1) is 24.3. The number of thioether (sulfide) groups is 1. The topological polar surface area (TPSA) is 118 Å². The van der Waals surface area contributed by atoms with Crippen LogP contribution in [0.3, 0.4) is 0 Å². The van der Waals surface area contributed by atoms with Gasteiger partial charge in [0.05, 0.1) is 11.9 Å². The molecule has 2 amide bonds. The minimum absolute atomic E-state index is 0.0783. The Morgan fingerprint density at radius 3 is 2.26 bits per heavy atom. The Morgan fingerprint density at radius 2 is 1.69 bits per heavy atom. The zero-order valence-electron chi connectivity index (χ0n) is 19.1. The number of rotatable bonds is 9. The molecule has 0 bridgehead atoms. The molecule has 4 rings (SSSR count). The van der Waals surface area contributed by atoms with Crippen molar-refractivity contribution in [3.05, 3.63) is 83.7 Å². The van der Waals surface area contributed by atoms with Crippen LogP contribution in [0.5, 0.6) is 0 Å². The quantitative estimate of drug-likeness (QED) is 0.407. The third-order valence-electron chi connectivity index (χ3n) is 5.81. The van der Waals surface area contributed by atoms with Crippen molar-refractivity contribution in [1.29, 1.82) is 0 Å². The summed E-state index contributed by atoms with van der Waals surface area (Å²) in [7, 11) is 0. The summed E-state index contributed by atoms with van der Waals surface area (Å²) in [4.78, 5) is 40.3. The molecule has 35 heavy (non-hydrogen) atoms. The maximum absolute atomic E-state index is 12.8. The van der Waals surface area contributed by atoms with Crippen LogP contribution in [0, 0.1) is 0 Å². The molecule has 0 aliphatic heterocycles. The lowest BCUT2D eigenvalue weighted by atomic mass is 9.98. The fraction of sp³-hybridized carbons (Fsp3) is 0.231. The van der Waals surface area contributed by atoms with E-state index in [1.54, 1.807) is 11.8 Å². The zero-order chi connectivity index (χ0) is 24.8. The van der Waals surface area contributed by atoms with Gasteiger partial charge in [0.25, 0.3) is 0 Å². The molecule has 0 radical (unpaired) electrons. The molecule has 0 fully saturated rings. The number of hydrogen-bond donors (Lipinski definition) is 3. The first-order chi connectivity index (χ1) is 17.0. The van der Waals surface area contributed by atoms with E-state index in [2.05, 4.69) is 27.8 Å². The van der Waals surface area contributed by atoms with Gasteiger partial charge in [0.15, 0.2) is 0 Å². The summed E-state index contributed by atoms with van der Waals surface area (Å²) in [5.41, 5.74) is 4.70. The van der Waals surface area contributed by atoms with Gasteiger partial charge in [-0.15, -0.1) is 0 Å². The number of nitrogens with zero attached hydrogens (tertiary/aromatic N) is 1. The average Bonchev–Trinajstić information content (AvgIpc) is 3.19. The largest absolute Gasteiger partial charge is 0.477 e. The molecule has 0 saturated carbocycles. The molecular weight excluding hydrogens is 466 g/mol. The molecule has 1 aromatic heterocycles. The van der Waals surface area contributed by atoms with Crippen molar-refractivity contribution in [2.45, 2.75) is 18.4 Å². The summed E-state index contributed by atoms with van der Waals surface area (Å²) in [6.45, 7) is 0.150. The fourth-order valence-electron chi connectivity index (χ4n) is 4.11. The smallest absolute Gasteiger partial charge is 0.407 e. The number of amides is 2. The number of hydrogen-bond acceptors (Lipinski definition) is 6. The summed E-state index contributed by atoms with van der Waals surface area (Å²) in [6, 6.07) is 18.1. The van der Waals surface area contributed by atoms with Gasteiger partial charge in [0.1, 0.15) is 18.3 Å². The van der Waals surface area contributed by atoms with Gasteiger partial charge in [0.2, 0.25) is 5.91 Å². The van der Waals surface area contributed by atoms with Crippen molar-refractivity contribution in [3.63, 3.8) is 0 Å². The van der Waals surface area contributed by atoms with Crippen LogP contribution in [0.2, 0.25) is 0 Å². The highest BCUT2D eigenvalue weighted by atomic mass is 32.2. The summed E-state index contributed by atoms with van der Waals surface area (Å²) < 4.78 is 5.58. The number of carbonyl (C=O) groups is 3. The number of carboxylic acid groups (broad SMARTS) is 1. The second-order valence-electron chi connectivity index (χ2n) is 8.03. The molecule has 8 nitrogen and oxygen atoms in total. The normalized spacial score (nSPS) is 12.8. The molecule has 9 heteroatoms. The van der Waals surface area contributed by atoms with E-state index in [0.717, 1.165) is 22.3 Å². The van der Waals surface area contributed by atoms with Crippen LogP contribution in [0.1, 0.15) is 34.0 Å². The molecule has 1 heterocycles. The van der Waals surface area contributed by atoms with Crippen LogP contribution in [0.4, 0.5) is 10.5 Å². The lowest BCUT2D eigenvalue weighted by Crippen LogP contribution is -2.44. The van der Waals surface area contributed by atoms with Crippen LogP contribution >= 0.6 is 11.8 Å². The Labute approximate surface area is 207 Å². The second-order valence-corrected chi connectivity index (χ2v) is 9.02. The average molecular weight is 492 g/mol. The lowest BCUT2D eigenvalue weighted by molar-refractivity contribution is -0.118. The number of anilines is 1. The maximum Gasteiger partial charge on any atom is 0.407 e. The molecule has 1 aliphatic rings. The number of pyridine rings is 1. The van der Waals surface area contributed by atoms with Crippen LogP contribution < -0.4 is 10.6 Å². The number of alkyl carbamates (subject to hydrolysis) is 1. The summed E-state index contributed by atoms with van der Waals surface area (Å²) >= 11 is 1.55. The molecule has 0 spiro atoms. The van der Waals surface area contributed by atoms with E-state index in [1.807, 2.05) is 42.7 Å². The van der Waals surface area contributed by atoms with E-state index in [9.17, 15) is 14.4 Å². The third-order valence-corrected chi connectivity index (χ3v) is 6.46. The van der Waals surface area contributed by atoms with Crippen LogP contribution in [-0.4, -0.2) is 52.7 Å². The highest BCUT2D eigenvalue weighted by Crippen LogP contribution is 2.44. The molecule has 180 valence electrons. The second kappa shape index (κ2) is 11.1. The summed E-state index contributed by atoms with van der Waals surface area (Å²) in [5.74, 6) is -1.02. The number of carbonyl (C=O) groups excluding carboxylic acids is 2. The Bertz CT molecular complexity index is 1190. The van der Waals surface area contributed by atoms with Gasteiger partial charge in [-0.05, 0) is 52.8 Å². The molecule has 1 atom stereocenters. The van der Waals surface area contributed by atoms with E-state index in [-0.39, 0.29) is 18.2 Å². The highest BCUT2D eigenvalue weighted by molar-refractivity contribution is 7.98. The number of nitrogens with one attached hydrogen (secondary N) is 2. The molecule has 2 aromatic carbocycles. The minimum Gasteiger partial charge on any atom is -0.477 e. The molecule has 3 aromatic rings. The van der Waals surface area contributed by atoms with Crippen LogP contribution in [-0.2, 0) is 9.53 Å². The monoisotopic (exact) mass is 491 g/mol. The van der Waals surface area contributed by atoms with Gasteiger partial charge in [-0.2, -0.15) is 11.8 Å². The van der Waals surface area contributed by atoms with Gasteiger partial charge >= 0.3 is 12.1 Å². The third kappa shape index (κ3) is 5.63. The lowest BCUT2D eigenvalue weighted by Gasteiger charge is -2.19. The summed E-state index contributed by atoms with van der Waals surface area (Å²) in [5, 5.41) is 14.3. The van der Waals surface area contributed by atoms with Gasteiger partial charge in [-0.25, -0.2) is 14.6 Å². The molecule has 0 unspecified atom stereocenters. The van der Waals surface area contributed by atoms with E-state index in [4.69, 9.17) is 9.84 Å². The Hall–Kier alpha value is -3.85. The van der Waals surface area contributed by atoms with E-state index >= 15 is 0 Å². The SMILES string of the molecule is CSCC[C@H](NC(=O)OCC1c2ccccc2-c2ccccc21)C(=O)Nc1ccc(C(=O)O)nc1. The van der Waals surface area contributed by atoms with Crippen LogP contribution in [0.15, 0.2) is 66.9 Å². The van der Waals surface area contributed by atoms with Crippen LogP contribution in [0.25, 0.3) is 11.1 Å². The zero-order valence-corrected chi connectivity index (χ0v) is 19.9. The van der Waals surface area contributed by atoms with Gasteiger partial charge in [-0.3, -0.25) is 4.79 Å². The number of aromatic nitrogens is 1. The van der Waals surface area contributed by atoms with E-state index < -0.39 is 24.0 Å². The minimum atomic E-state index is -1.15. The number of aromatic carboxylic acids is 1. The van der Waals surface area contributed by atoms with E-state index in [0.29, 0.717) is 17.9 Å². The Morgan fingerprint density at radius 1 is 1.03 bits per heavy atom. The van der Waals surface area contributed by atoms with Gasteiger partial charge in [-0.1, -0.05) is 48.5 Å². The summed E-state index contributed by atoms with van der Waals surface area (Å²) in [6.07, 6.45) is 2.90. The van der Waals surface area contributed by atoms with Crippen molar-refractivity contribution < 1.29 is 24.2 Å². The maximum atomic E-state index is 12.8. The Balaban J connectivity index is 1.40. The molecule has 3 N–H and O–H groups in total. The number of ether oxygens (including phenoxy) is 1. The van der Waals surface area contributed by atoms with Crippen molar-refractivity contribution in [3.8, 4) is 11.1 Å². The predicted molar refractivity (Wildman–Crippen MR) is 135 cm³/mol. The first-order valence-electron chi connectivity index (χ1n) is 11.1. The molecule has 1 aliphatic carbocycles. The Kier molecular flexibility index (Phi) is 7.67. The predicted octanol–water partition coefficient (Wildman–Crippen LogP) is 4.38.